The van der Waals surface area contributed by atoms with Gasteiger partial charge in [0.25, 0.3) is 0 Å². The molecule has 0 aromatic carbocycles. The van der Waals surface area contributed by atoms with Gasteiger partial charge in [0, 0.05) is 6.54 Å². The first kappa shape index (κ1) is 8.93. The van der Waals surface area contributed by atoms with E-state index in [-0.39, 0.29) is 6.04 Å². The van der Waals surface area contributed by atoms with Crippen LogP contribution in [0.5, 0.6) is 0 Å². The van der Waals surface area contributed by atoms with Crippen LogP contribution >= 0.6 is 0 Å². The summed E-state index contributed by atoms with van der Waals surface area (Å²) in [4.78, 5) is 0. The largest absolute Gasteiger partial charge is 0.295 e. The molecule has 0 radical (unpaired) electrons. The lowest BCUT2D eigenvalue weighted by Gasteiger charge is -2.07. The molecule has 54 valence electrons. The van der Waals surface area contributed by atoms with Gasteiger partial charge in [0.2, 0.25) is 0 Å². The van der Waals surface area contributed by atoms with Crippen LogP contribution in [0.2, 0.25) is 0 Å². The minimum Gasteiger partial charge on any atom is -0.295 e. The topological polar surface area (TPSA) is 35.8 Å². The molecule has 0 rings (SSSR count). The van der Waals surface area contributed by atoms with Crippen LogP contribution in [-0.4, -0.2) is 12.6 Å². The second kappa shape index (κ2) is 4.78. The Bertz CT molecular complexity index is 165. The molecule has 0 aliphatic heterocycles. The van der Waals surface area contributed by atoms with E-state index in [1.165, 1.54) is 0 Å². The Labute approximate surface area is 61.9 Å². The van der Waals surface area contributed by atoms with Crippen molar-refractivity contribution in [3.8, 4) is 6.07 Å². The normalized spacial score (nSPS) is 11.6. The van der Waals surface area contributed by atoms with E-state index in [0.717, 1.165) is 5.57 Å². The van der Waals surface area contributed by atoms with Gasteiger partial charge in [-0.3, -0.25) is 5.32 Å². The fourth-order valence-electron chi connectivity index (χ4n) is 0.531. The summed E-state index contributed by atoms with van der Waals surface area (Å²) in [6.07, 6.45) is 1.72. The van der Waals surface area contributed by atoms with Gasteiger partial charge in [0.15, 0.2) is 0 Å². The van der Waals surface area contributed by atoms with Gasteiger partial charge in [0.1, 0.15) is 6.04 Å². The van der Waals surface area contributed by atoms with Crippen molar-refractivity contribution in [2.45, 2.75) is 13.0 Å². The maximum Gasteiger partial charge on any atom is 0.117 e. The number of nitriles is 1. The molecular weight excluding hydrogens is 124 g/mol. The van der Waals surface area contributed by atoms with Crippen molar-refractivity contribution in [1.29, 1.82) is 5.26 Å². The Morgan fingerprint density at radius 2 is 2.50 bits per heavy atom. The summed E-state index contributed by atoms with van der Waals surface area (Å²) in [6.45, 7) is 9.65. The van der Waals surface area contributed by atoms with Gasteiger partial charge in [-0.05, 0) is 12.5 Å². The number of nitrogens with one attached hydrogen (secondary N) is 1. The molecular formula is C8H12N2. The average molecular weight is 136 g/mol. The second-order valence-corrected chi connectivity index (χ2v) is 2.11. The highest BCUT2D eigenvalue weighted by Gasteiger charge is 2.03. The summed E-state index contributed by atoms with van der Waals surface area (Å²) in [5.74, 6) is 0. The highest BCUT2D eigenvalue weighted by Crippen LogP contribution is 1.94. The molecule has 0 heterocycles. The standard InChI is InChI=1S/C8H12N2/c1-4-5-10-8(6-9)7(2)3/h4,8,10H,1-2,5H2,3H3. The van der Waals surface area contributed by atoms with Crippen LogP contribution in [0, 0.1) is 11.3 Å². The minimum atomic E-state index is -0.238. The summed E-state index contributed by atoms with van der Waals surface area (Å²) in [7, 11) is 0. The molecule has 0 spiro atoms. The lowest BCUT2D eigenvalue weighted by atomic mass is 10.2. The van der Waals surface area contributed by atoms with Crippen molar-refractivity contribution < 1.29 is 0 Å². The highest BCUT2D eigenvalue weighted by molar-refractivity contribution is 5.13. The summed E-state index contributed by atoms with van der Waals surface area (Å²) in [5, 5.41) is 11.5. The van der Waals surface area contributed by atoms with Crippen LogP contribution in [0.15, 0.2) is 24.8 Å². The number of nitrogens with zero attached hydrogens (tertiary/aromatic N) is 1. The predicted molar refractivity (Wildman–Crippen MR) is 42.4 cm³/mol. The molecule has 0 amide bonds. The van der Waals surface area contributed by atoms with Gasteiger partial charge in [-0.25, -0.2) is 0 Å². The Kier molecular flexibility index (Phi) is 4.26. The molecule has 0 bridgehead atoms. The SMILES string of the molecule is C=CCNC(C#N)C(=C)C. The number of hydrogen-bond acceptors (Lipinski definition) is 2. The van der Waals surface area contributed by atoms with Crippen LogP contribution < -0.4 is 5.32 Å². The third-order valence-electron chi connectivity index (χ3n) is 1.09. The van der Waals surface area contributed by atoms with E-state index < -0.39 is 0 Å². The van der Waals surface area contributed by atoms with E-state index in [9.17, 15) is 0 Å². The molecule has 0 fully saturated rings. The van der Waals surface area contributed by atoms with E-state index in [1.54, 1.807) is 6.08 Å². The molecule has 0 aliphatic rings. The molecule has 0 aromatic heterocycles. The number of hydrogen-bond donors (Lipinski definition) is 1. The Balaban J connectivity index is 3.75. The first-order valence-corrected chi connectivity index (χ1v) is 3.11. The predicted octanol–water partition coefficient (Wildman–Crippen LogP) is 1.23. The van der Waals surface area contributed by atoms with Crippen LogP contribution in [0.25, 0.3) is 0 Å². The van der Waals surface area contributed by atoms with E-state index in [0.29, 0.717) is 6.54 Å². The van der Waals surface area contributed by atoms with Crippen LogP contribution in [0.3, 0.4) is 0 Å². The lowest BCUT2D eigenvalue weighted by molar-refractivity contribution is 0.718. The molecule has 1 unspecified atom stereocenters. The van der Waals surface area contributed by atoms with E-state index >= 15 is 0 Å². The third kappa shape index (κ3) is 3.06. The van der Waals surface area contributed by atoms with Gasteiger partial charge in [0.05, 0.1) is 6.07 Å². The molecule has 2 heteroatoms. The van der Waals surface area contributed by atoms with Crippen molar-refractivity contribution in [3.05, 3.63) is 24.8 Å². The molecule has 1 N–H and O–H groups in total. The van der Waals surface area contributed by atoms with Crippen molar-refractivity contribution >= 4 is 0 Å². The van der Waals surface area contributed by atoms with Crippen molar-refractivity contribution in [1.82, 2.24) is 5.32 Å². The molecule has 0 aliphatic carbocycles. The van der Waals surface area contributed by atoms with Gasteiger partial charge >= 0.3 is 0 Å². The summed E-state index contributed by atoms with van der Waals surface area (Å²) in [6, 6.07) is 1.84. The Morgan fingerprint density at radius 3 is 2.80 bits per heavy atom. The van der Waals surface area contributed by atoms with Crippen LogP contribution in [0.4, 0.5) is 0 Å². The van der Waals surface area contributed by atoms with Gasteiger partial charge < -0.3 is 0 Å². The zero-order valence-electron chi connectivity index (χ0n) is 6.22. The highest BCUT2D eigenvalue weighted by atomic mass is 14.9. The summed E-state index contributed by atoms with van der Waals surface area (Å²) in [5.41, 5.74) is 0.837. The molecule has 1 atom stereocenters. The van der Waals surface area contributed by atoms with Gasteiger partial charge in [-0.15, -0.1) is 6.58 Å². The zero-order chi connectivity index (χ0) is 7.98. The van der Waals surface area contributed by atoms with Crippen LogP contribution in [-0.2, 0) is 0 Å². The molecule has 0 saturated carbocycles. The maximum absolute atomic E-state index is 8.52. The summed E-state index contributed by atoms with van der Waals surface area (Å²) < 4.78 is 0. The van der Waals surface area contributed by atoms with Crippen molar-refractivity contribution in [2.75, 3.05) is 6.54 Å². The second-order valence-electron chi connectivity index (χ2n) is 2.11. The minimum absolute atomic E-state index is 0.238. The first-order chi connectivity index (χ1) is 4.72. The molecule has 10 heavy (non-hydrogen) atoms. The van der Waals surface area contributed by atoms with E-state index in [4.69, 9.17) is 5.26 Å². The maximum atomic E-state index is 8.52. The number of rotatable bonds is 4. The quantitative estimate of drug-likeness (QED) is 0.590. The molecule has 0 saturated heterocycles. The van der Waals surface area contributed by atoms with Gasteiger partial charge in [-0.2, -0.15) is 5.26 Å². The Hall–Kier alpha value is -1.07. The average Bonchev–Trinajstić information content (AvgIpc) is 1.89. The summed E-state index contributed by atoms with van der Waals surface area (Å²) >= 11 is 0. The first-order valence-electron chi connectivity index (χ1n) is 3.11. The van der Waals surface area contributed by atoms with E-state index in [2.05, 4.69) is 24.5 Å². The molecule has 0 aromatic rings. The smallest absolute Gasteiger partial charge is 0.117 e. The van der Waals surface area contributed by atoms with Crippen molar-refractivity contribution in [2.24, 2.45) is 0 Å². The third-order valence-corrected chi connectivity index (χ3v) is 1.09. The fraction of sp³-hybridized carbons (Fsp3) is 0.375. The fourth-order valence-corrected chi connectivity index (χ4v) is 0.531. The van der Waals surface area contributed by atoms with Gasteiger partial charge in [-0.1, -0.05) is 12.7 Å². The zero-order valence-corrected chi connectivity index (χ0v) is 6.22. The Morgan fingerprint density at radius 1 is 1.90 bits per heavy atom. The lowest BCUT2D eigenvalue weighted by Crippen LogP contribution is -2.28. The molecule has 2 nitrogen and oxygen atoms in total. The van der Waals surface area contributed by atoms with Crippen LogP contribution in [0.1, 0.15) is 6.92 Å². The monoisotopic (exact) mass is 136 g/mol. The van der Waals surface area contributed by atoms with E-state index in [1.807, 2.05) is 6.92 Å². The van der Waals surface area contributed by atoms with Crippen molar-refractivity contribution in [3.63, 3.8) is 0 Å².